The maximum absolute atomic E-state index is 14.5. The number of carboxylic acids is 1. The van der Waals surface area contributed by atoms with Gasteiger partial charge in [-0.1, -0.05) is 18.2 Å². The third kappa shape index (κ3) is 3.94. The van der Waals surface area contributed by atoms with Gasteiger partial charge in [-0.05, 0) is 19.9 Å². The van der Waals surface area contributed by atoms with Crippen LogP contribution in [0.1, 0.15) is 46.7 Å². The molecular weight excluding hydrogens is 387 g/mol. The molecule has 29 heavy (non-hydrogen) atoms. The molecule has 0 fully saturated rings. The molecule has 0 saturated carbocycles. The van der Waals surface area contributed by atoms with Crippen LogP contribution in [0.3, 0.4) is 0 Å². The summed E-state index contributed by atoms with van der Waals surface area (Å²) < 4.78 is 45.6. The molecule has 2 aromatic carbocycles. The molecule has 0 aliphatic heterocycles. The number of nitrogens with one attached hydrogen (secondary N) is 1. The van der Waals surface area contributed by atoms with Crippen molar-refractivity contribution < 1.29 is 27.8 Å². The van der Waals surface area contributed by atoms with Gasteiger partial charge in [0.1, 0.15) is 28.8 Å². The van der Waals surface area contributed by atoms with Crippen molar-refractivity contribution in [2.24, 2.45) is 0 Å². The maximum atomic E-state index is 14.5. The van der Waals surface area contributed by atoms with E-state index in [4.69, 9.17) is 4.74 Å². The van der Waals surface area contributed by atoms with Crippen molar-refractivity contribution in [2.75, 3.05) is 12.4 Å². The van der Waals surface area contributed by atoms with E-state index in [2.05, 4.69) is 15.3 Å². The summed E-state index contributed by atoms with van der Waals surface area (Å²) in [7, 11) is 1.35. The van der Waals surface area contributed by atoms with Crippen LogP contribution < -0.4 is 10.1 Å². The van der Waals surface area contributed by atoms with Crippen molar-refractivity contribution in [3.63, 3.8) is 0 Å². The van der Waals surface area contributed by atoms with Gasteiger partial charge in [0.05, 0.1) is 24.2 Å². The fraction of sp³-hybridized carbons (Fsp3) is 0.250. The highest BCUT2D eigenvalue weighted by molar-refractivity contribution is 6.00. The van der Waals surface area contributed by atoms with Gasteiger partial charge >= 0.3 is 5.97 Å². The molecule has 0 spiro atoms. The summed E-state index contributed by atoms with van der Waals surface area (Å²) in [5, 5.41) is 12.8. The lowest BCUT2D eigenvalue weighted by Crippen LogP contribution is -2.12. The molecule has 9 heteroatoms. The lowest BCUT2D eigenvalue weighted by Gasteiger charge is -2.19. The summed E-state index contributed by atoms with van der Waals surface area (Å²) >= 11 is 0. The van der Waals surface area contributed by atoms with Gasteiger partial charge in [0, 0.05) is 17.0 Å². The molecule has 1 aromatic heterocycles. The monoisotopic (exact) mass is 405 g/mol. The van der Waals surface area contributed by atoms with E-state index in [1.54, 1.807) is 13.8 Å². The van der Waals surface area contributed by atoms with E-state index >= 15 is 0 Å². The summed E-state index contributed by atoms with van der Waals surface area (Å²) in [5.74, 6) is -1.41. The number of hydrogen-bond donors (Lipinski definition) is 2. The highest BCUT2D eigenvalue weighted by atomic mass is 19.3. The molecule has 0 bridgehead atoms. The lowest BCUT2D eigenvalue weighted by molar-refractivity contribution is 0.0693. The van der Waals surface area contributed by atoms with Crippen LogP contribution in [0.15, 0.2) is 30.3 Å². The summed E-state index contributed by atoms with van der Waals surface area (Å²) in [6, 6.07) is 5.90. The molecule has 0 aliphatic carbocycles. The van der Waals surface area contributed by atoms with Crippen molar-refractivity contribution in [1.29, 1.82) is 0 Å². The van der Waals surface area contributed by atoms with Crippen LogP contribution in [-0.2, 0) is 0 Å². The Morgan fingerprint density at radius 2 is 1.90 bits per heavy atom. The number of hydrogen-bond acceptors (Lipinski definition) is 5. The number of methoxy groups -OCH3 is 1. The topological polar surface area (TPSA) is 84.3 Å². The Balaban J connectivity index is 2.09. The minimum atomic E-state index is -2.94. The maximum Gasteiger partial charge on any atom is 0.339 e. The van der Waals surface area contributed by atoms with Crippen LogP contribution in [-0.4, -0.2) is 28.2 Å². The fourth-order valence-corrected chi connectivity index (χ4v) is 3.07. The number of anilines is 1. The van der Waals surface area contributed by atoms with Crippen molar-refractivity contribution in [3.8, 4) is 5.75 Å². The third-order valence-corrected chi connectivity index (χ3v) is 4.47. The second-order valence-electron chi connectivity index (χ2n) is 6.41. The molecule has 0 amide bonds. The number of carboxylic acid groups (broad SMARTS) is 1. The van der Waals surface area contributed by atoms with E-state index in [0.717, 1.165) is 6.07 Å². The first-order valence-electron chi connectivity index (χ1n) is 8.65. The van der Waals surface area contributed by atoms with E-state index in [1.165, 1.54) is 31.4 Å². The van der Waals surface area contributed by atoms with Crippen molar-refractivity contribution >= 4 is 22.7 Å². The Morgan fingerprint density at radius 3 is 2.52 bits per heavy atom. The number of ether oxygens (including phenoxy) is 1. The summed E-state index contributed by atoms with van der Waals surface area (Å²) in [6.45, 7) is 3.24. The van der Waals surface area contributed by atoms with Crippen LogP contribution in [0.25, 0.3) is 10.9 Å². The average Bonchev–Trinajstić information content (AvgIpc) is 2.66. The molecular formula is C20H18F3N3O3. The number of fused-ring (bicyclic) bond motifs is 1. The van der Waals surface area contributed by atoms with Gasteiger partial charge in [-0.15, -0.1) is 0 Å². The van der Waals surface area contributed by atoms with Crippen molar-refractivity contribution in [1.82, 2.24) is 9.97 Å². The summed E-state index contributed by atoms with van der Waals surface area (Å²) in [4.78, 5) is 20.1. The van der Waals surface area contributed by atoms with Crippen LogP contribution in [0.2, 0.25) is 0 Å². The van der Waals surface area contributed by atoms with Gasteiger partial charge in [-0.25, -0.2) is 27.9 Å². The third-order valence-electron chi connectivity index (χ3n) is 4.47. The standard InChI is InChI=1S/C20H18F3N3O3/c1-9(11-5-4-6-12(17(11)21)18(22)23)24-19-13-7-14(20(27)28)16(29-3)8-15(13)25-10(2)26-19/h4-9,18H,1-3H3,(H,27,28)(H,24,25,26). The van der Waals surface area contributed by atoms with Gasteiger partial charge in [-0.2, -0.15) is 0 Å². The van der Waals surface area contributed by atoms with Crippen molar-refractivity contribution in [3.05, 3.63) is 58.7 Å². The molecule has 1 heterocycles. The van der Waals surface area contributed by atoms with E-state index in [-0.39, 0.29) is 22.7 Å². The van der Waals surface area contributed by atoms with Gasteiger partial charge in [0.2, 0.25) is 0 Å². The van der Waals surface area contributed by atoms with Gasteiger partial charge in [0.25, 0.3) is 6.43 Å². The van der Waals surface area contributed by atoms with E-state index in [1.807, 2.05) is 0 Å². The fourth-order valence-electron chi connectivity index (χ4n) is 3.07. The highest BCUT2D eigenvalue weighted by Crippen LogP contribution is 2.32. The average molecular weight is 405 g/mol. The number of halogens is 3. The first kappa shape index (κ1) is 20.4. The SMILES string of the molecule is COc1cc2nc(C)nc(NC(C)c3cccc(C(F)F)c3F)c2cc1C(=O)O. The second kappa shape index (κ2) is 7.94. The molecule has 1 unspecified atom stereocenters. The lowest BCUT2D eigenvalue weighted by atomic mass is 10.0. The second-order valence-corrected chi connectivity index (χ2v) is 6.41. The molecule has 0 radical (unpaired) electrons. The molecule has 3 aromatic rings. The number of aryl methyl sites for hydroxylation is 1. The molecule has 0 aliphatic rings. The number of aromatic nitrogens is 2. The summed E-state index contributed by atoms with van der Waals surface area (Å²) in [6.07, 6.45) is -2.94. The number of aromatic carboxylic acids is 1. The smallest absolute Gasteiger partial charge is 0.339 e. The van der Waals surface area contributed by atoms with Gasteiger partial charge < -0.3 is 15.2 Å². The first-order valence-corrected chi connectivity index (χ1v) is 8.65. The predicted octanol–water partition coefficient (Wildman–Crippen LogP) is 4.89. The number of carbonyl (C=O) groups is 1. The number of alkyl halides is 2. The summed E-state index contributed by atoms with van der Waals surface area (Å²) in [5.41, 5.74) is -0.304. The zero-order valence-electron chi connectivity index (χ0n) is 15.8. The van der Waals surface area contributed by atoms with E-state index < -0.39 is 29.8 Å². The molecule has 3 rings (SSSR count). The van der Waals surface area contributed by atoms with Gasteiger partial charge in [-0.3, -0.25) is 0 Å². The van der Waals surface area contributed by atoms with Crippen molar-refractivity contribution in [2.45, 2.75) is 26.3 Å². The first-order chi connectivity index (χ1) is 13.7. The minimum absolute atomic E-state index is 0.0409. The number of rotatable bonds is 6. The van der Waals surface area contributed by atoms with Crippen LogP contribution in [0.5, 0.6) is 5.75 Å². The van der Waals surface area contributed by atoms with Crippen LogP contribution in [0, 0.1) is 12.7 Å². The predicted molar refractivity (Wildman–Crippen MR) is 101 cm³/mol. The zero-order valence-corrected chi connectivity index (χ0v) is 15.8. The van der Waals surface area contributed by atoms with E-state index in [0.29, 0.717) is 16.7 Å². The normalized spacial score (nSPS) is 12.2. The highest BCUT2D eigenvalue weighted by Gasteiger charge is 2.21. The quantitative estimate of drug-likeness (QED) is 0.607. The Kier molecular flexibility index (Phi) is 5.58. The Labute approximate surface area is 164 Å². The molecule has 152 valence electrons. The molecule has 1 atom stereocenters. The number of benzene rings is 2. The van der Waals surface area contributed by atoms with Crippen LogP contribution in [0.4, 0.5) is 19.0 Å². The minimum Gasteiger partial charge on any atom is -0.496 e. The largest absolute Gasteiger partial charge is 0.496 e. The Hall–Kier alpha value is -3.36. The number of nitrogens with zero attached hydrogens (tertiary/aromatic N) is 2. The molecule has 6 nitrogen and oxygen atoms in total. The van der Waals surface area contributed by atoms with Crippen LogP contribution >= 0.6 is 0 Å². The molecule has 2 N–H and O–H groups in total. The Bertz CT molecular complexity index is 1090. The van der Waals surface area contributed by atoms with Gasteiger partial charge in [0.15, 0.2) is 0 Å². The Morgan fingerprint density at radius 1 is 1.21 bits per heavy atom. The zero-order chi connectivity index (χ0) is 21.3. The molecule has 0 saturated heterocycles. The van der Waals surface area contributed by atoms with E-state index in [9.17, 15) is 23.1 Å².